The first-order valence-corrected chi connectivity index (χ1v) is 10.0. The first-order chi connectivity index (χ1) is 14.8. The van der Waals surface area contributed by atoms with Crippen LogP contribution in [0.1, 0.15) is 33.7 Å². The number of aryl methyl sites for hydroxylation is 3. The van der Waals surface area contributed by atoms with Crippen molar-refractivity contribution in [1.29, 1.82) is 0 Å². The summed E-state index contributed by atoms with van der Waals surface area (Å²) in [6.07, 6.45) is 2.75. The van der Waals surface area contributed by atoms with E-state index in [-0.39, 0.29) is 11.7 Å². The maximum absolute atomic E-state index is 13.9. The van der Waals surface area contributed by atoms with Gasteiger partial charge < -0.3 is 9.30 Å². The predicted molar refractivity (Wildman–Crippen MR) is 118 cm³/mol. The topological polar surface area (TPSA) is 72.0 Å². The number of fused-ring (bicyclic) bond motifs is 1. The monoisotopic (exact) mass is 422 g/mol. The first-order valence-electron chi connectivity index (χ1n) is 10.0. The Balaban J connectivity index is 1.70. The molecule has 1 N–H and O–H groups in total. The molecule has 8 heteroatoms. The van der Waals surface area contributed by atoms with Crippen molar-refractivity contribution in [3.05, 3.63) is 58.4 Å². The van der Waals surface area contributed by atoms with Crippen molar-refractivity contribution < 1.29 is 18.5 Å². The highest BCUT2D eigenvalue weighted by Gasteiger charge is 2.22. The summed E-state index contributed by atoms with van der Waals surface area (Å²) in [6, 6.07) is 6.57. The number of rotatable bonds is 4. The fourth-order valence-corrected chi connectivity index (χ4v) is 3.73. The summed E-state index contributed by atoms with van der Waals surface area (Å²) < 4.78 is 23.3. The Morgan fingerprint density at radius 3 is 2.74 bits per heavy atom. The van der Waals surface area contributed by atoms with Crippen molar-refractivity contribution in [3.8, 4) is 0 Å². The number of carbonyl (C=O) groups is 1. The van der Waals surface area contributed by atoms with Crippen molar-refractivity contribution >= 4 is 34.7 Å². The number of benzene rings is 1. The van der Waals surface area contributed by atoms with Crippen LogP contribution < -0.4 is 5.32 Å². The van der Waals surface area contributed by atoms with Gasteiger partial charge in [0.05, 0.1) is 30.3 Å². The van der Waals surface area contributed by atoms with E-state index in [1.165, 1.54) is 6.07 Å². The van der Waals surface area contributed by atoms with Gasteiger partial charge in [-0.25, -0.2) is 13.9 Å². The maximum atomic E-state index is 13.9. The Morgan fingerprint density at radius 2 is 2.00 bits per heavy atom. The second kappa shape index (κ2) is 7.94. The third-order valence-electron chi connectivity index (χ3n) is 5.47. The third kappa shape index (κ3) is 3.93. The minimum Gasteiger partial charge on any atom is -0.500 e. The molecule has 3 heterocycles. The van der Waals surface area contributed by atoms with Crippen LogP contribution in [-0.2, 0) is 11.8 Å². The molecule has 1 aliphatic rings. The molecule has 0 atom stereocenters. The number of hydrogen-bond donors (Lipinski definition) is 1. The molecule has 0 saturated heterocycles. The Morgan fingerprint density at radius 1 is 1.23 bits per heavy atom. The van der Waals surface area contributed by atoms with E-state index in [1.54, 1.807) is 43.8 Å². The zero-order chi connectivity index (χ0) is 22.3. The molecule has 31 heavy (non-hydrogen) atoms. The zero-order valence-electron chi connectivity index (χ0n) is 18.3. The van der Waals surface area contributed by atoms with E-state index in [9.17, 15) is 9.18 Å². The molecule has 7 nitrogen and oxygen atoms in total. The van der Waals surface area contributed by atoms with Gasteiger partial charge in [-0.1, -0.05) is 0 Å². The zero-order valence-corrected chi connectivity index (χ0v) is 18.3. The number of carbonyl (C=O) groups excluding carboxylic acids is 1. The number of aromatic nitrogens is 3. The van der Waals surface area contributed by atoms with Crippen LogP contribution in [0.15, 0.2) is 30.0 Å². The van der Waals surface area contributed by atoms with Gasteiger partial charge in [0.2, 0.25) is 5.95 Å². The minimum absolute atomic E-state index is 0.314. The van der Waals surface area contributed by atoms with E-state index in [4.69, 9.17) is 4.74 Å². The average Bonchev–Trinajstić information content (AvgIpc) is 3.02. The van der Waals surface area contributed by atoms with Gasteiger partial charge in [0.25, 0.3) is 5.91 Å². The highest BCUT2D eigenvalue weighted by atomic mass is 19.1. The summed E-state index contributed by atoms with van der Waals surface area (Å²) in [6.45, 7) is 4.41. The quantitative estimate of drug-likeness (QED) is 0.654. The molecule has 0 unspecified atom stereocenters. The molecule has 0 saturated carbocycles. The number of halogens is 1. The van der Waals surface area contributed by atoms with Gasteiger partial charge in [-0.2, -0.15) is 0 Å². The molecule has 0 radical (unpaired) electrons. The molecule has 4 rings (SSSR count). The Bertz CT molecular complexity index is 1270. The molecule has 0 aliphatic carbocycles. The second-order valence-electron chi connectivity index (χ2n) is 7.82. The third-order valence-corrected chi connectivity index (χ3v) is 5.47. The summed E-state index contributed by atoms with van der Waals surface area (Å²) >= 11 is 0. The highest BCUT2D eigenvalue weighted by molar-refractivity contribution is 6.10. The number of nitrogens with one attached hydrogen (secondary N) is 1. The lowest BCUT2D eigenvalue weighted by Gasteiger charge is -2.15. The molecule has 1 aromatic carbocycles. The molecule has 2 aromatic heterocycles. The van der Waals surface area contributed by atoms with Gasteiger partial charge in [-0.3, -0.25) is 15.1 Å². The van der Waals surface area contributed by atoms with Crippen molar-refractivity contribution in [2.45, 2.75) is 20.3 Å². The van der Waals surface area contributed by atoms with Gasteiger partial charge in [0.15, 0.2) is 6.21 Å². The average molecular weight is 422 g/mol. The van der Waals surface area contributed by atoms with Gasteiger partial charge in [-0.05, 0) is 37.6 Å². The second-order valence-corrected chi connectivity index (χ2v) is 7.82. The molecular weight excluding hydrogens is 397 g/mol. The summed E-state index contributed by atoms with van der Waals surface area (Å²) in [5.74, 6) is 0.553. The van der Waals surface area contributed by atoms with E-state index in [0.717, 1.165) is 35.5 Å². The number of nitrogens with zero attached hydrogens (tertiary/aromatic N) is 4. The molecule has 0 bridgehead atoms. The lowest BCUT2D eigenvalue weighted by Crippen LogP contribution is -2.19. The fourth-order valence-electron chi connectivity index (χ4n) is 3.73. The molecule has 160 valence electrons. The summed E-state index contributed by atoms with van der Waals surface area (Å²) in [7, 11) is 5.42. The number of ether oxygens (including phenoxy) is 1. The van der Waals surface area contributed by atoms with Crippen LogP contribution in [0.4, 0.5) is 10.3 Å². The molecule has 3 aromatic rings. The maximum Gasteiger partial charge on any atom is 0.258 e. The summed E-state index contributed by atoms with van der Waals surface area (Å²) in [5, 5.41) is 2.84. The van der Waals surface area contributed by atoms with Crippen LogP contribution in [0, 0.1) is 19.7 Å². The lowest BCUT2D eigenvalue weighted by atomic mass is 10.0. The summed E-state index contributed by atoms with van der Waals surface area (Å²) in [4.78, 5) is 22.0. The lowest BCUT2D eigenvalue weighted by molar-refractivity contribution is -0.492. The molecular formula is C23H25FN5O2+. The standard InChI is InChI=1S/C23H24FN5O2/c1-13-8-20-19(11-17(13)24)26-23(29(20)4)27-22(30)15-9-14(2)25-18(10-15)16-12-28(3)7-6-21(16)31-5/h8-12H,6-7H2,1-5H3/p+1. The molecule has 1 aliphatic heterocycles. The Hall–Kier alpha value is -3.55. The number of anilines is 1. The van der Waals surface area contributed by atoms with E-state index >= 15 is 0 Å². The van der Waals surface area contributed by atoms with Crippen LogP contribution in [0.5, 0.6) is 0 Å². The number of amides is 1. The van der Waals surface area contributed by atoms with Crippen molar-refractivity contribution in [3.63, 3.8) is 0 Å². The highest BCUT2D eigenvalue weighted by Crippen LogP contribution is 2.24. The van der Waals surface area contributed by atoms with Crippen LogP contribution in [-0.4, -0.2) is 51.9 Å². The van der Waals surface area contributed by atoms with Crippen LogP contribution >= 0.6 is 0 Å². The first kappa shape index (κ1) is 20.7. The Kier molecular flexibility index (Phi) is 5.31. The van der Waals surface area contributed by atoms with Gasteiger partial charge in [-0.15, -0.1) is 0 Å². The Labute approximate surface area is 179 Å². The van der Waals surface area contributed by atoms with Gasteiger partial charge >= 0.3 is 0 Å². The van der Waals surface area contributed by atoms with Crippen molar-refractivity contribution in [1.82, 2.24) is 14.5 Å². The molecule has 1 amide bonds. The largest absolute Gasteiger partial charge is 0.500 e. The van der Waals surface area contributed by atoms with Crippen molar-refractivity contribution in [2.75, 3.05) is 26.0 Å². The van der Waals surface area contributed by atoms with E-state index in [1.807, 2.05) is 20.2 Å². The number of allylic oxidation sites excluding steroid dienone is 1. The summed E-state index contributed by atoms with van der Waals surface area (Å²) in [5.41, 5.74) is 4.48. The number of imidazole rings is 1. The van der Waals surface area contributed by atoms with E-state index < -0.39 is 0 Å². The normalized spacial score (nSPS) is 14.1. The number of pyridine rings is 1. The number of hydrogen-bond acceptors (Lipinski definition) is 4. The fraction of sp³-hybridized carbons (Fsp3) is 0.304. The SMILES string of the molecule is COC1=C(c2cc(C(=O)Nc3nc4cc(F)c(C)cc4n3C)cc(C)n2)C=[N+](C)CC1. The van der Waals surface area contributed by atoms with Crippen LogP contribution in [0.25, 0.3) is 16.6 Å². The van der Waals surface area contributed by atoms with Crippen LogP contribution in [0.3, 0.4) is 0 Å². The van der Waals surface area contributed by atoms with E-state index in [2.05, 4.69) is 19.9 Å². The van der Waals surface area contributed by atoms with Gasteiger partial charge in [0.1, 0.15) is 30.7 Å². The van der Waals surface area contributed by atoms with Crippen molar-refractivity contribution in [2.24, 2.45) is 7.05 Å². The minimum atomic E-state index is -0.325. The van der Waals surface area contributed by atoms with Crippen LogP contribution in [0.2, 0.25) is 0 Å². The number of methoxy groups -OCH3 is 1. The predicted octanol–water partition coefficient (Wildman–Crippen LogP) is 3.45. The smallest absolute Gasteiger partial charge is 0.258 e. The molecule has 0 spiro atoms. The molecule has 0 fully saturated rings. The van der Waals surface area contributed by atoms with Gasteiger partial charge in [0, 0.05) is 24.4 Å². The van der Waals surface area contributed by atoms with E-state index in [0.29, 0.717) is 28.3 Å².